The summed E-state index contributed by atoms with van der Waals surface area (Å²) in [4.78, 5) is 4.82. The van der Waals surface area contributed by atoms with E-state index in [1.807, 2.05) is 12.1 Å². The van der Waals surface area contributed by atoms with Gasteiger partial charge in [-0.1, -0.05) is 0 Å². The average Bonchev–Trinajstić information content (AvgIpc) is 3.33. The maximum absolute atomic E-state index is 9.44. The van der Waals surface area contributed by atoms with E-state index in [1.54, 1.807) is 23.5 Å². The number of hydrogen-bond donors (Lipinski definition) is 1. The topological polar surface area (TPSA) is 47.3 Å². The molecule has 1 aliphatic heterocycles. The van der Waals surface area contributed by atoms with E-state index in [4.69, 9.17) is 9.72 Å². The molecule has 1 aliphatic rings. The van der Waals surface area contributed by atoms with Crippen molar-refractivity contribution in [2.45, 2.75) is 39.3 Å². The molecule has 130 valence electrons. The normalized spacial score (nSPS) is 17.3. The van der Waals surface area contributed by atoms with Gasteiger partial charge in [0.05, 0.1) is 11.8 Å². The lowest BCUT2D eigenvalue weighted by Gasteiger charge is -2.14. The number of benzene rings is 1. The summed E-state index contributed by atoms with van der Waals surface area (Å²) in [5, 5.41) is 12.5. The van der Waals surface area contributed by atoms with Gasteiger partial charge in [-0.05, 0) is 57.0 Å². The molecule has 1 fully saturated rings. The Balaban J connectivity index is 1.63. The van der Waals surface area contributed by atoms with Gasteiger partial charge >= 0.3 is 0 Å². The van der Waals surface area contributed by atoms with Crippen LogP contribution in [0.5, 0.6) is 5.75 Å². The summed E-state index contributed by atoms with van der Waals surface area (Å²) in [6.45, 7) is 6.13. The van der Waals surface area contributed by atoms with Crippen LogP contribution in [0.15, 0.2) is 35.7 Å². The highest BCUT2D eigenvalue weighted by Gasteiger charge is 2.20. The zero-order valence-corrected chi connectivity index (χ0v) is 15.3. The summed E-state index contributed by atoms with van der Waals surface area (Å²) in [7, 11) is 0. The minimum Gasteiger partial charge on any atom is -0.508 e. The van der Waals surface area contributed by atoms with E-state index in [9.17, 15) is 5.11 Å². The van der Waals surface area contributed by atoms with E-state index in [2.05, 4.69) is 29.9 Å². The third kappa shape index (κ3) is 3.22. The minimum absolute atomic E-state index is 0.276. The fourth-order valence-electron chi connectivity index (χ4n) is 3.47. The van der Waals surface area contributed by atoms with Crippen LogP contribution < -0.4 is 0 Å². The highest BCUT2D eigenvalue weighted by Crippen LogP contribution is 2.33. The van der Waals surface area contributed by atoms with Crippen molar-refractivity contribution in [2.24, 2.45) is 0 Å². The van der Waals surface area contributed by atoms with Gasteiger partial charge < -0.3 is 14.4 Å². The molecule has 1 saturated heterocycles. The molecule has 3 aromatic rings. The fraction of sp³-hybridized carbons (Fsp3) is 0.350. The summed E-state index contributed by atoms with van der Waals surface area (Å²) in [6.07, 6.45) is 2.65. The second-order valence-electron chi connectivity index (χ2n) is 6.62. The molecule has 0 saturated carbocycles. The van der Waals surface area contributed by atoms with Gasteiger partial charge in [0.1, 0.15) is 10.8 Å². The largest absolute Gasteiger partial charge is 0.508 e. The molecule has 1 N–H and O–H groups in total. The molecule has 5 heteroatoms. The Morgan fingerprint density at radius 3 is 2.80 bits per heavy atom. The molecular formula is C20H22N2O2S. The fourth-order valence-corrected chi connectivity index (χ4v) is 4.29. The summed E-state index contributed by atoms with van der Waals surface area (Å²) in [6, 6.07) is 9.42. The van der Waals surface area contributed by atoms with Crippen LogP contribution in [0, 0.1) is 13.8 Å². The first-order chi connectivity index (χ1) is 12.1. The first-order valence-electron chi connectivity index (χ1n) is 8.65. The molecule has 4 nitrogen and oxygen atoms in total. The average molecular weight is 354 g/mol. The Morgan fingerprint density at radius 2 is 2.08 bits per heavy atom. The van der Waals surface area contributed by atoms with Crippen LogP contribution in [0.25, 0.3) is 21.8 Å². The molecule has 0 spiro atoms. The maximum atomic E-state index is 9.44. The standard InChI is InChI=1S/C20H22N2O2S/c1-13-10-18(14(2)22(13)11-17-4-3-9-24-17)19-12-25-20(21-19)15-5-7-16(23)8-6-15/h5-8,10,12,17,23H,3-4,9,11H2,1-2H3. The number of ether oxygens (including phenoxy) is 1. The van der Waals surface area contributed by atoms with Crippen LogP contribution in [0.2, 0.25) is 0 Å². The van der Waals surface area contributed by atoms with Crippen LogP contribution in [-0.2, 0) is 11.3 Å². The molecule has 4 rings (SSSR count). The molecule has 2 aromatic heterocycles. The molecule has 0 aliphatic carbocycles. The van der Waals surface area contributed by atoms with Gasteiger partial charge in [0.2, 0.25) is 0 Å². The van der Waals surface area contributed by atoms with Crippen molar-refractivity contribution >= 4 is 11.3 Å². The van der Waals surface area contributed by atoms with Crippen molar-refractivity contribution in [3.05, 3.63) is 47.1 Å². The van der Waals surface area contributed by atoms with Gasteiger partial charge in [0.25, 0.3) is 0 Å². The molecule has 1 aromatic carbocycles. The van der Waals surface area contributed by atoms with Crippen LogP contribution in [-0.4, -0.2) is 27.4 Å². The Bertz CT molecular complexity index is 874. The van der Waals surface area contributed by atoms with Gasteiger partial charge in [0, 0.05) is 41.0 Å². The number of phenols is 1. The number of phenolic OH excluding ortho intramolecular Hbond substituents is 1. The van der Waals surface area contributed by atoms with E-state index in [0.29, 0.717) is 6.10 Å². The first-order valence-corrected chi connectivity index (χ1v) is 9.53. The summed E-state index contributed by atoms with van der Waals surface area (Å²) < 4.78 is 8.15. The predicted molar refractivity (Wildman–Crippen MR) is 101 cm³/mol. The number of nitrogens with zero attached hydrogens (tertiary/aromatic N) is 2. The monoisotopic (exact) mass is 354 g/mol. The Hall–Kier alpha value is -2.11. The Kier molecular flexibility index (Phi) is 4.36. The number of aromatic nitrogens is 2. The lowest BCUT2D eigenvalue weighted by atomic mass is 10.2. The second-order valence-corrected chi connectivity index (χ2v) is 7.47. The van der Waals surface area contributed by atoms with E-state index >= 15 is 0 Å². The van der Waals surface area contributed by atoms with Crippen LogP contribution >= 0.6 is 11.3 Å². The maximum Gasteiger partial charge on any atom is 0.124 e. The Labute approximate surface area is 151 Å². The first kappa shape index (κ1) is 16.4. The van der Waals surface area contributed by atoms with Crippen molar-refractivity contribution in [1.82, 2.24) is 9.55 Å². The molecule has 1 atom stereocenters. The molecule has 25 heavy (non-hydrogen) atoms. The van der Waals surface area contributed by atoms with Gasteiger partial charge in [-0.3, -0.25) is 0 Å². The predicted octanol–water partition coefficient (Wildman–Crippen LogP) is 4.78. The van der Waals surface area contributed by atoms with Gasteiger partial charge in [-0.15, -0.1) is 11.3 Å². The van der Waals surface area contributed by atoms with Gasteiger partial charge in [0.15, 0.2) is 0 Å². The van der Waals surface area contributed by atoms with E-state index in [0.717, 1.165) is 35.8 Å². The van der Waals surface area contributed by atoms with E-state index in [-0.39, 0.29) is 5.75 Å². The highest BCUT2D eigenvalue weighted by atomic mass is 32.1. The third-order valence-corrected chi connectivity index (χ3v) is 5.77. The summed E-state index contributed by atoms with van der Waals surface area (Å²) >= 11 is 1.63. The zero-order chi connectivity index (χ0) is 17.4. The molecule has 0 amide bonds. The number of aryl methyl sites for hydroxylation is 1. The van der Waals surface area contributed by atoms with Crippen molar-refractivity contribution in [3.8, 4) is 27.6 Å². The van der Waals surface area contributed by atoms with Crippen molar-refractivity contribution in [3.63, 3.8) is 0 Å². The van der Waals surface area contributed by atoms with E-state index < -0.39 is 0 Å². The number of aromatic hydroxyl groups is 1. The minimum atomic E-state index is 0.276. The zero-order valence-electron chi connectivity index (χ0n) is 14.5. The summed E-state index contributed by atoms with van der Waals surface area (Å²) in [5.41, 5.74) is 5.73. The third-order valence-electron chi connectivity index (χ3n) is 4.88. The van der Waals surface area contributed by atoms with E-state index in [1.165, 1.54) is 23.4 Å². The molecular weight excluding hydrogens is 332 g/mol. The van der Waals surface area contributed by atoms with Gasteiger partial charge in [-0.2, -0.15) is 0 Å². The molecule has 0 bridgehead atoms. The number of hydrogen-bond acceptors (Lipinski definition) is 4. The van der Waals surface area contributed by atoms with Gasteiger partial charge in [-0.25, -0.2) is 4.98 Å². The van der Waals surface area contributed by atoms with Crippen molar-refractivity contribution in [1.29, 1.82) is 0 Å². The van der Waals surface area contributed by atoms with Crippen molar-refractivity contribution < 1.29 is 9.84 Å². The molecule has 3 heterocycles. The number of rotatable bonds is 4. The highest BCUT2D eigenvalue weighted by molar-refractivity contribution is 7.13. The SMILES string of the molecule is Cc1cc(-c2csc(-c3ccc(O)cc3)n2)c(C)n1CC1CCCO1. The Morgan fingerprint density at radius 1 is 1.28 bits per heavy atom. The lowest BCUT2D eigenvalue weighted by Crippen LogP contribution is -2.16. The number of thiazole rings is 1. The smallest absolute Gasteiger partial charge is 0.124 e. The quantitative estimate of drug-likeness (QED) is 0.733. The van der Waals surface area contributed by atoms with Crippen LogP contribution in [0.4, 0.5) is 0 Å². The van der Waals surface area contributed by atoms with Crippen LogP contribution in [0.3, 0.4) is 0 Å². The molecule has 0 radical (unpaired) electrons. The second kappa shape index (κ2) is 6.65. The van der Waals surface area contributed by atoms with Crippen LogP contribution in [0.1, 0.15) is 24.2 Å². The lowest BCUT2D eigenvalue weighted by molar-refractivity contribution is 0.0962. The van der Waals surface area contributed by atoms with Crippen molar-refractivity contribution in [2.75, 3.05) is 6.61 Å². The summed E-state index contributed by atoms with van der Waals surface area (Å²) in [5.74, 6) is 0.276. The molecule has 1 unspecified atom stereocenters.